The molecule has 1 aliphatic rings. The Labute approximate surface area is 121 Å². The van der Waals surface area contributed by atoms with Gasteiger partial charge in [-0.05, 0) is 31.2 Å². The fraction of sp³-hybridized carbons (Fsp3) is 0.533. The second kappa shape index (κ2) is 6.05. The summed E-state index contributed by atoms with van der Waals surface area (Å²) in [6.07, 6.45) is -2.69. The van der Waals surface area contributed by atoms with Gasteiger partial charge in [-0.1, -0.05) is 30.3 Å². The van der Waals surface area contributed by atoms with Gasteiger partial charge in [0.25, 0.3) is 0 Å². The van der Waals surface area contributed by atoms with Crippen LogP contribution in [0.1, 0.15) is 31.4 Å². The minimum atomic E-state index is -4.42. The molecule has 2 unspecified atom stereocenters. The number of nitrogens with two attached hydrogens (primary N) is 1. The number of carbonyl (C=O) groups is 1. The first-order chi connectivity index (χ1) is 9.79. The topological polar surface area (TPSA) is 46.3 Å². The molecule has 21 heavy (non-hydrogen) atoms. The van der Waals surface area contributed by atoms with E-state index in [4.69, 9.17) is 5.73 Å². The third-order valence-corrected chi connectivity index (χ3v) is 3.85. The van der Waals surface area contributed by atoms with E-state index in [-0.39, 0.29) is 5.92 Å². The maximum Gasteiger partial charge on any atom is 0.406 e. The number of amides is 1. The molecule has 0 saturated heterocycles. The minimum Gasteiger partial charge on any atom is -0.329 e. The number of rotatable bonds is 5. The highest BCUT2D eigenvalue weighted by Gasteiger charge is 2.41. The van der Waals surface area contributed by atoms with E-state index in [0.717, 1.165) is 17.7 Å². The van der Waals surface area contributed by atoms with Gasteiger partial charge in [0.15, 0.2) is 0 Å². The summed E-state index contributed by atoms with van der Waals surface area (Å²) in [4.78, 5) is 13.3. The molecule has 0 spiro atoms. The van der Waals surface area contributed by atoms with Crippen molar-refractivity contribution in [3.05, 3.63) is 35.9 Å². The predicted octanol–water partition coefficient (Wildman–Crippen LogP) is 2.88. The highest BCUT2D eigenvalue weighted by atomic mass is 19.4. The van der Waals surface area contributed by atoms with Crippen LogP contribution in [0, 0.1) is 5.92 Å². The van der Waals surface area contributed by atoms with E-state index >= 15 is 0 Å². The summed E-state index contributed by atoms with van der Waals surface area (Å²) in [5.41, 5.74) is 6.38. The summed E-state index contributed by atoms with van der Waals surface area (Å²) in [5.74, 6) is -0.516. The van der Waals surface area contributed by atoms with Crippen LogP contribution in [0.2, 0.25) is 0 Å². The number of hydrogen-bond acceptors (Lipinski definition) is 2. The van der Waals surface area contributed by atoms with Crippen molar-refractivity contribution >= 4 is 5.91 Å². The smallest absolute Gasteiger partial charge is 0.329 e. The number of carbonyl (C=O) groups excluding carboxylic acids is 1. The fourth-order valence-corrected chi connectivity index (χ4v) is 2.43. The lowest BCUT2D eigenvalue weighted by Gasteiger charge is -2.32. The van der Waals surface area contributed by atoms with Gasteiger partial charge in [-0.25, -0.2) is 0 Å². The third kappa shape index (κ3) is 4.20. The quantitative estimate of drug-likeness (QED) is 0.909. The van der Waals surface area contributed by atoms with Gasteiger partial charge in [0.1, 0.15) is 12.6 Å². The summed E-state index contributed by atoms with van der Waals surface area (Å²) in [6.45, 7) is 0.420. The van der Waals surface area contributed by atoms with Crippen molar-refractivity contribution < 1.29 is 18.0 Å². The van der Waals surface area contributed by atoms with Crippen molar-refractivity contribution in [2.45, 2.75) is 38.0 Å². The monoisotopic (exact) mass is 300 g/mol. The van der Waals surface area contributed by atoms with E-state index in [1.165, 1.54) is 0 Å². The number of benzene rings is 1. The molecule has 0 bridgehead atoms. The molecule has 0 radical (unpaired) electrons. The summed E-state index contributed by atoms with van der Waals surface area (Å²) < 4.78 is 38.2. The molecular weight excluding hydrogens is 281 g/mol. The zero-order valence-corrected chi connectivity index (χ0v) is 11.8. The molecule has 1 amide bonds. The standard InChI is InChI=1S/C15H19F3N2O/c1-10(11-7-8-11)20(9-15(16,17)18)14(21)13(19)12-5-3-2-4-6-12/h2-6,10-11,13H,7-9,19H2,1H3. The van der Waals surface area contributed by atoms with Crippen LogP contribution in [-0.4, -0.2) is 29.6 Å². The summed E-state index contributed by atoms with van der Waals surface area (Å²) in [7, 11) is 0. The van der Waals surface area contributed by atoms with Gasteiger partial charge in [-0.2, -0.15) is 13.2 Å². The first-order valence-corrected chi connectivity index (χ1v) is 6.97. The van der Waals surface area contributed by atoms with E-state index in [1.807, 2.05) is 0 Å². The van der Waals surface area contributed by atoms with Gasteiger partial charge in [0.05, 0.1) is 0 Å². The Morgan fingerprint density at radius 2 is 1.90 bits per heavy atom. The lowest BCUT2D eigenvalue weighted by Crippen LogP contribution is -2.48. The molecule has 0 aliphatic heterocycles. The normalized spacial score (nSPS) is 18.1. The summed E-state index contributed by atoms with van der Waals surface area (Å²) in [5, 5.41) is 0. The van der Waals surface area contributed by atoms with Crippen molar-refractivity contribution in [2.75, 3.05) is 6.54 Å². The molecule has 0 aromatic heterocycles. The van der Waals surface area contributed by atoms with Gasteiger partial charge in [-0.15, -0.1) is 0 Å². The summed E-state index contributed by atoms with van der Waals surface area (Å²) in [6, 6.07) is 6.98. The Hall–Kier alpha value is -1.56. The molecule has 1 aliphatic carbocycles. The van der Waals surface area contributed by atoms with Gasteiger partial charge in [0.2, 0.25) is 5.91 Å². The zero-order valence-electron chi connectivity index (χ0n) is 11.8. The molecule has 2 atom stereocenters. The Morgan fingerprint density at radius 1 is 1.33 bits per heavy atom. The average Bonchev–Trinajstić information content (AvgIpc) is 3.27. The molecule has 2 N–H and O–H groups in total. The van der Waals surface area contributed by atoms with E-state index in [1.54, 1.807) is 37.3 Å². The van der Waals surface area contributed by atoms with E-state index in [0.29, 0.717) is 5.56 Å². The Kier molecular flexibility index (Phi) is 4.56. The van der Waals surface area contributed by atoms with Crippen LogP contribution in [0.5, 0.6) is 0 Å². The van der Waals surface area contributed by atoms with Crippen LogP contribution in [0.25, 0.3) is 0 Å². The first-order valence-electron chi connectivity index (χ1n) is 6.97. The van der Waals surface area contributed by atoms with Crippen LogP contribution in [0.4, 0.5) is 13.2 Å². The molecule has 116 valence electrons. The summed E-state index contributed by atoms with van der Waals surface area (Å²) >= 11 is 0. The number of hydrogen-bond donors (Lipinski definition) is 1. The molecule has 1 saturated carbocycles. The molecule has 1 aromatic rings. The van der Waals surface area contributed by atoms with Crippen molar-refractivity contribution in [3.63, 3.8) is 0 Å². The number of nitrogens with zero attached hydrogens (tertiary/aromatic N) is 1. The van der Waals surface area contributed by atoms with E-state index in [9.17, 15) is 18.0 Å². The van der Waals surface area contributed by atoms with Gasteiger partial charge < -0.3 is 10.6 Å². The second-order valence-electron chi connectivity index (χ2n) is 5.55. The van der Waals surface area contributed by atoms with E-state index in [2.05, 4.69) is 0 Å². The molecule has 2 rings (SSSR count). The van der Waals surface area contributed by atoms with Gasteiger partial charge >= 0.3 is 6.18 Å². The van der Waals surface area contributed by atoms with E-state index < -0.39 is 30.7 Å². The van der Waals surface area contributed by atoms with Crippen LogP contribution in [0.3, 0.4) is 0 Å². The van der Waals surface area contributed by atoms with Crippen molar-refractivity contribution in [3.8, 4) is 0 Å². The van der Waals surface area contributed by atoms with Gasteiger partial charge in [-0.3, -0.25) is 4.79 Å². The lowest BCUT2D eigenvalue weighted by atomic mass is 10.0. The molecule has 6 heteroatoms. The lowest BCUT2D eigenvalue weighted by molar-refractivity contribution is -0.166. The Bertz CT molecular complexity index is 485. The van der Waals surface area contributed by atoms with Crippen LogP contribution in [0.15, 0.2) is 30.3 Å². The largest absolute Gasteiger partial charge is 0.406 e. The highest BCUT2D eigenvalue weighted by molar-refractivity contribution is 5.83. The molecular formula is C15H19F3N2O. The second-order valence-corrected chi connectivity index (χ2v) is 5.55. The molecule has 1 fully saturated rings. The average molecular weight is 300 g/mol. The van der Waals surface area contributed by atoms with Crippen LogP contribution >= 0.6 is 0 Å². The third-order valence-electron chi connectivity index (χ3n) is 3.85. The molecule has 0 heterocycles. The highest BCUT2D eigenvalue weighted by Crippen LogP contribution is 2.37. The number of alkyl halides is 3. The van der Waals surface area contributed by atoms with Crippen molar-refractivity contribution in [2.24, 2.45) is 11.7 Å². The predicted molar refractivity (Wildman–Crippen MR) is 73.3 cm³/mol. The van der Waals surface area contributed by atoms with Crippen LogP contribution < -0.4 is 5.73 Å². The number of halogens is 3. The van der Waals surface area contributed by atoms with Crippen molar-refractivity contribution in [1.29, 1.82) is 0 Å². The van der Waals surface area contributed by atoms with Crippen LogP contribution in [-0.2, 0) is 4.79 Å². The molecule has 3 nitrogen and oxygen atoms in total. The minimum absolute atomic E-state index is 0.152. The first kappa shape index (κ1) is 15.8. The SMILES string of the molecule is CC(C1CC1)N(CC(F)(F)F)C(=O)C(N)c1ccccc1. The van der Waals surface area contributed by atoms with Crippen molar-refractivity contribution in [1.82, 2.24) is 4.90 Å². The molecule has 1 aromatic carbocycles. The maximum absolute atomic E-state index is 12.7. The Morgan fingerprint density at radius 3 is 2.38 bits per heavy atom. The maximum atomic E-state index is 12.7. The fourth-order valence-electron chi connectivity index (χ4n) is 2.43. The Balaban J connectivity index is 2.17. The zero-order chi connectivity index (χ0) is 15.6. The van der Waals surface area contributed by atoms with Gasteiger partial charge in [0, 0.05) is 6.04 Å².